The van der Waals surface area contributed by atoms with Crippen molar-refractivity contribution in [3.05, 3.63) is 52.5 Å². The Balaban J connectivity index is 2.23. The van der Waals surface area contributed by atoms with Crippen LogP contribution in [-0.2, 0) is 10.2 Å². The van der Waals surface area contributed by atoms with Crippen molar-refractivity contribution in [2.45, 2.75) is 0 Å². The summed E-state index contributed by atoms with van der Waals surface area (Å²) in [6, 6.07) is 12.4. The number of nitrogens with zero attached hydrogens (tertiary/aromatic N) is 1. The Morgan fingerprint density at radius 3 is 2.38 bits per heavy atom. The molecule has 0 saturated heterocycles. The van der Waals surface area contributed by atoms with Gasteiger partial charge in [0.1, 0.15) is 5.75 Å². The van der Waals surface area contributed by atoms with Gasteiger partial charge >= 0.3 is 10.2 Å². The Morgan fingerprint density at radius 1 is 1.10 bits per heavy atom. The molecule has 0 saturated carbocycles. The fraction of sp³-hybridized carbons (Fsp3) is 0. The molecule has 0 unspecified atom stereocenters. The molecule has 21 heavy (non-hydrogen) atoms. The monoisotopic (exact) mass is 367 g/mol. The summed E-state index contributed by atoms with van der Waals surface area (Å²) in [6.45, 7) is 0. The first-order chi connectivity index (χ1) is 9.91. The molecule has 3 N–H and O–H groups in total. The van der Waals surface area contributed by atoms with Crippen molar-refractivity contribution in [3.63, 3.8) is 0 Å². The van der Waals surface area contributed by atoms with E-state index in [1.807, 2.05) is 6.07 Å². The lowest BCUT2D eigenvalue weighted by atomic mass is 10.2. The predicted molar refractivity (Wildman–Crippen MR) is 83.1 cm³/mol. The van der Waals surface area contributed by atoms with Crippen molar-refractivity contribution in [3.8, 4) is 11.8 Å². The Labute approximate surface area is 130 Å². The number of halogens is 1. The zero-order chi connectivity index (χ0) is 15.5. The van der Waals surface area contributed by atoms with Crippen LogP contribution in [0.4, 0.5) is 11.4 Å². The Hall–Kier alpha value is -2.24. The number of para-hydroxylation sites is 1. The van der Waals surface area contributed by atoms with E-state index in [9.17, 15) is 13.5 Å². The van der Waals surface area contributed by atoms with E-state index < -0.39 is 10.2 Å². The smallest absolute Gasteiger partial charge is 0.321 e. The largest absolute Gasteiger partial charge is 0.506 e. The van der Waals surface area contributed by atoms with Gasteiger partial charge in [0.25, 0.3) is 0 Å². The number of aromatic hydroxyl groups is 1. The second-order valence-corrected chi connectivity index (χ2v) is 6.30. The van der Waals surface area contributed by atoms with Crippen molar-refractivity contribution in [2.75, 3.05) is 9.44 Å². The van der Waals surface area contributed by atoms with Gasteiger partial charge in [0.15, 0.2) is 0 Å². The summed E-state index contributed by atoms with van der Waals surface area (Å²) < 4.78 is 29.1. The molecule has 2 aromatic carbocycles. The fourth-order valence-corrected chi connectivity index (χ4v) is 3.04. The summed E-state index contributed by atoms with van der Waals surface area (Å²) in [5.41, 5.74) is 0.570. The van der Waals surface area contributed by atoms with Gasteiger partial charge in [-0.3, -0.25) is 9.44 Å². The third-order valence-corrected chi connectivity index (χ3v) is 4.16. The zero-order valence-electron chi connectivity index (χ0n) is 10.5. The number of anilines is 2. The van der Waals surface area contributed by atoms with Crippen LogP contribution < -0.4 is 9.44 Å². The van der Waals surface area contributed by atoms with Crippen molar-refractivity contribution in [1.82, 2.24) is 0 Å². The predicted octanol–water partition coefficient (Wildman–Crippen LogP) is 2.80. The van der Waals surface area contributed by atoms with Crippen molar-refractivity contribution < 1.29 is 13.5 Å². The van der Waals surface area contributed by atoms with Crippen LogP contribution in [-0.4, -0.2) is 13.5 Å². The van der Waals surface area contributed by atoms with Gasteiger partial charge in [-0.1, -0.05) is 12.1 Å². The number of phenolic OH excluding ortho intramolecular Hbond substituents is 1. The van der Waals surface area contributed by atoms with Crippen LogP contribution in [0.5, 0.6) is 5.75 Å². The maximum atomic E-state index is 12.0. The number of phenols is 1. The molecule has 0 aliphatic heterocycles. The van der Waals surface area contributed by atoms with E-state index in [0.29, 0.717) is 10.2 Å². The van der Waals surface area contributed by atoms with Crippen molar-refractivity contribution >= 4 is 37.5 Å². The molecule has 0 fully saturated rings. The number of rotatable bonds is 4. The summed E-state index contributed by atoms with van der Waals surface area (Å²) in [5, 5.41) is 18.4. The summed E-state index contributed by atoms with van der Waals surface area (Å²) in [6.07, 6.45) is 0. The lowest BCUT2D eigenvalue weighted by Crippen LogP contribution is -2.21. The van der Waals surface area contributed by atoms with Crippen molar-refractivity contribution in [2.24, 2.45) is 0 Å². The summed E-state index contributed by atoms with van der Waals surface area (Å²) in [5.74, 6) is -0.327. The number of nitrogens with one attached hydrogen (secondary N) is 2. The van der Waals surface area contributed by atoms with Gasteiger partial charge in [0.2, 0.25) is 0 Å². The highest BCUT2D eigenvalue weighted by atomic mass is 79.9. The van der Waals surface area contributed by atoms with Gasteiger partial charge in [-0.15, -0.1) is 0 Å². The summed E-state index contributed by atoms with van der Waals surface area (Å²) in [7, 11) is -3.93. The molecule has 0 heterocycles. The van der Waals surface area contributed by atoms with E-state index in [2.05, 4.69) is 25.4 Å². The molecule has 0 atom stereocenters. The van der Waals surface area contributed by atoms with Crippen LogP contribution in [0.3, 0.4) is 0 Å². The maximum absolute atomic E-state index is 12.0. The molecule has 8 heteroatoms. The highest BCUT2D eigenvalue weighted by Gasteiger charge is 2.14. The molecule has 0 spiro atoms. The highest BCUT2D eigenvalue weighted by Crippen LogP contribution is 2.27. The van der Waals surface area contributed by atoms with E-state index in [0.717, 1.165) is 0 Å². The number of benzene rings is 2. The molecule has 2 rings (SSSR count). The molecule has 0 bridgehead atoms. The third kappa shape index (κ3) is 3.87. The molecule has 0 radical (unpaired) electrons. The molecule has 2 aromatic rings. The Bertz CT molecular complexity index is 816. The average molecular weight is 368 g/mol. The molecule has 0 aliphatic rings. The molecular formula is C13H10BrN3O3S. The van der Waals surface area contributed by atoms with Crippen LogP contribution in [0.25, 0.3) is 0 Å². The molecule has 0 amide bonds. The molecule has 0 aliphatic carbocycles. The van der Waals surface area contributed by atoms with Gasteiger partial charge in [-0.25, -0.2) is 0 Å². The topological polar surface area (TPSA) is 102 Å². The molecule has 6 nitrogen and oxygen atoms in total. The first-order valence-corrected chi connectivity index (χ1v) is 7.97. The van der Waals surface area contributed by atoms with E-state index in [1.54, 1.807) is 24.3 Å². The van der Waals surface area contributed by atoms with Crippen molar-refractivity contribution in [1.29, 1.82) is 5.26 Å². The first-order valence-electron chi connectivity index (χ1n) is 5.69. The van der Waals surface area contributed by atoms with E-state index in [1.165, 1.54) is 18.2 Å². The average Bonchev–Trinajstić information content (AvgIpc) is 2.43. The van der Waals surface area contributed by atoms with Crippen LogP contribution in [0.15, 0.2) is 46.9 Å². The minimum absolute atomic E-state index is 0.0199. The van der Waals surface area contributed by atoms with Crippen LogP contribution in [0.1, 0.15) is 5.56 Å². The summed E-state index contributed by atoms with van der Waals surface area (Å²) in [4.78, 5) is 0. The van der Waals surface area contributed by atoms with Gasteiger partial charge in [-0.05, 0) is 46.3 Å². The van der Waals surface area contributed by atoms with Gasteiger partial charge < -0.3 is 5.11 Å². The zero-order valence-corrected chi connectivity index (χ0v) is 12.9. The van der Waals surface area contributed by atoms with Gasteiger partial charge in [0, 0.05) is 4.47 Å². The highest BCUT2D eigenvalue weighted by molar-refractivity contribution is 9.10. The fourth-order valence-electron chi connectivity index (χ4n) is 1.55. The second kappa shape index (κ2) is 6.03. The minimum Gasteiger partial charge on any atom is -0.506 e. The molecular weight excluding hydrogens is 358 g/mol. The quantitative estimate of drug-likeness (QED) is 0.722. The van der Waals surface area contributed by atoms with Gasteiger partial charge in [0.05, 0.1) is 23.0 Å². The molecule has 0 aromatic heterocycles. The Morgan fingerprint density at radius 2 is 1.76 bits per heavy atom. The first kappa shape index (κ1) is 15.2. The second-order valence-electron chi connectivity index (χ2n) is 4.03. The SMILES string of the molecule is N#Cc1ccc(NS(=O)(=O)Nc2ccccc2Br)c(O)c1. The van der Waals surface area contributed by atoms with Crippen LogP contribution >= 0.6 is 15.9 Å². The van der Waals surface area contributed by atoms with E-state index in [-0.39, 0.29) is 17.0 Å². The van der Waals surface area contributed by atoms with Crippen LogP contribution in [0.2, 0.25) is 0 Å². The normalized spacial score (nSPS) is 10.7. The minimum atomic E-state index is -3.93. The third-order valence-electron chi connectivity index (χ3n) is 2.49. The van der Waals surface area contributed by atoms with Crippen LogP contribution in [0, 0.1) is 11.3 Å². The lowest BCUT2D eigenvalue weighted by molar-refractivity contribution is 0.477. The molecule has 108 valence electrons. The standard InChI is InChI=1S/C13H10BrN3O3S/c14-10-3-1-2-4-11(10)16-21(19,20)17-12-6-5-9(8-15)7-13(12)18/h1-7,16-18H. The summed E-state index contributed by atoms with van der Waals surface area (Å²) >= 11 is 3.23. The number of hydrogen-bond donors (Lipinski definition) is 3. The van der Waals surface area contributed by atoms with E-state index >= 15 is 0 Å². The number of hydrogen-bond acceptors (Lipinski definition) is 4. The van der Waals surface area contributed by atoms with Gasteiger partial charge in [-0.2, -0.15) is 13.7 Å². The van der Waals surface area contributed by atoms with E-state index in [4.69, 9.17) is 5.26 Å². The maximum Gasteiger partial charge on any atom is 0.321 e. The lowest BCUT2D eigenvalue weighted by Gasteiger charge is -2.12. The Kier molecular flexibility index (Phi) is 4.35. The number of nitriles is 1.